The molecule has 3 saturated heterocycles. The molecule has 4 aromatic rings. The maximum Gasteiger partial charge on any atom is 0.352 e. The maximum absolute atomic E-state index is 15.6. The van der Waals surface area contributed by atoms with Crippen LogP contribution in [0.3, 0.4) is 0 Å². The number of aliphatic hydroxyl groups is 1. The fourth-order valence-electron chi connectivity index (χ4n) is 12.2. The van der Waals surface area contributed by atoms with Gasteiger partial charge < -0.3 is 98.8 Å². The van der Waals surface area contributed by atoms with E-state index in [-0.39, 0.29) is 83.7 Å². The van der Waals surface area contributed by atoms with Crippen molar-refractivity contribution in [2.75, 3.05) is 25.4 Å². The lowest BCUT2D eigenvalue weighted by molar-refractivity contribution is -0.196. The highest BCUT2D eigenvalue weighted by molar-refractivity contribution is 8.77. The minimum atomic E-state index is -2.01. The summed E-state index contributed by atoms with van der Waals surface area (Å²) in [5.41, 5.74) is 1.21. The number of aromatic amines is 2. The molecular weight excluding hydrogens is 1550 g/mol. The number of hydrogen-bond acceptors (Lipinski definition) is 24. The Morgan fingerprint density at radius 3 is 1.85 bits per heavy atom. The molecule has 2 unspecified atom stereocenters. The van der Waals surface area contributed by atoms with Crippen molar-refractivity contribution in [2.24, 2.45) is 17.8 Å². The number of aliphatic hydroxyl groups excluding tert-OH is 1. The highest BCUT2D eigenvalue weighted by Crippen LogP contribution is 2.32. The number of imide groups is 1. The Bertz CT molecular complexity index is 4130. The number of aromatic nitrogens is 4. The minimum Gasteiger partial charge on any atom is -0.506 e. The molecular formula is C72H95ClN18O21S2. The number of benzene rings is 2. The first-order valence-corrected chi connectivity index (χ1v) is 39.4. The number of fused-ring (bicyclic) bond motifs is 1. The zero-order chi connectivity index (χ0) is 83.6. The predicted octanol–water partition coefficient (Wildman–Crippen LogP) is -2.60. The number of aliphatic carboxylic acids is 1. The van der Waals surface area contributed by atoms with Crippen LogP contribution in [0.25, 0.3) is 0 Å². The standard InChI is InChI=1S/C72H95ClN18O21S2/c1-8-37(6)60(70(110)86-45(18-35(2)3)61(101)77-29-55(95)76-30-59(100)112-91-56(96)16-17-57(91)97)88-66(106)49(23-41-27-74-33-78-41)83-68(108)52-32-113-114-71(89-67(107)50(24-42-28-75-34-79-42)82-63(103)47(80-38(7)92)21-39-12-10-9-11-13-39)72(111)90-31-43(93)25-53(90)69(109)85-48(22-40-14-15-54(94)44(73)20-40)64(104)84-51(26-58(98)99)65(105)81-46(19-36(4)5)62(102)87-52/h9-15,20,27-28,33-37,43,45-53,60,71,93-94H,8,16-19,21-26,29-32H2,1-7H3,(H,74,78)(H,75,79)(H,76,95)(H,77,101)(H,80,92)(H,81,105)(H,82,103)(H,83,108)(H,84,104)(H,85,109)(H,86,110)(H,87,102)(H,88,106)(H,89,107)(H,98,99)/t37?,43?,45-,46-,47-,48-,49-,50-,51-,52-,53-,60-,71-/m0/s1. The number of imidazole rings is 2. The predicted molar refractivity (Wildman–Crippen MR) is 407 cm³/mol. The van der Waals surface area contributed by atoms with E-state index in [4.69, 9.17) is 16.4 Å². The molecule has 3 aliphatic rings. The molecule has 2 aromatic heterocycles. The maximum atomic E-state index is 15.6. The number of carbonyl (C=O) groups is 17. The number of hydrogen-bond donors (Lipinski definition) is 17. The Hall–Kier alpha value is -11.2. The van der Waals surface area contributed by atoms with E-state index in [0.717, 1.165) is 4.90 Å². The molecule has 5 heterocycles. The Labute approximate surface area is 666 Å². The van der Waals surface area contributed by atoms with E-state index in [1.807, 2.05) is 0 Å². The van der Waals surface area contributed by atoms with Crippen LogP contribution in [0.5, 0.6) is 5.75 Å². The molecule has 17 N–H and O–H groups in total. The van der Waals surface area contributed by atoms with Gasteiger partial charge in [-0.25, -0.2) is 14.8 Å². The van der Waals surface area contributed by atoms with Gasteiger partial charge in [0.2, 0.25) is 70.9 Å². The van der Waals surface area contributed by atoms with Gasteiger partial charge >= 0.3 is 11.9 Å². The molecule has 3 fully saturated rings. The van der Waals surface area contributed by atoms with E-state index in [9.17, 15) is 72.9 Å². The molecule has 0 radical (unpaired) electrons. The summed E-state index contributed by atoms with van der Waals surface area (Å²) in [6.07, 6.45) is 0.608. The van der Waals surface area contributed by atoms with Gasteiger partial charge in [-0.2, -0.15) is 0 Å². The van der Waals surface area contributed by atoms with Gasteiger partial charge in [-0.05, 0) is 53.9 Å². The molecule has 39 nitrogen and oxygen atoms in total. The zero-order valence-corrected chi connectivity index (χ0v) is 65.8. The summed E-state index contributed by atoms with van der Waals surface area (Å²) in [6, 6.07) is -4.10. The van der Waals surface area contributed by atoms with Crippen molar-refractivity contribution in [2.45, 2.75) is 191 Å². The molecule has 0 bridgehead atoms. The van der Waals surface area contributed by atoms with E-state index in [2.05, 4.69) is 83.7 Å². The van der Waals surface area contributed by atoms with Crippen molar-refractivity contribution >= 4 is 134 Å². The van der Waals surface area contributed by atoms with Gasteiger partial charge in [-0.3, -0.25) is 76.7 Å². The van der Waals surface area contributed by atoms with Crippen LogP contribution in [0.4, 0.5) is 0 Å². The number of carboxylic acids is 1. The normalized spacial score (nSPS) is 20.7. The molecule has 618 valence electrons. The van der Waals surface area contributed by atoms with Crippen molar-refractivity contribution < 1.29 is 102 Å². The summed E-state index contributed by atoms with van der Waals surface area (Å²) in [5, 5.41) is 60.5. The quantitative estimate of drug-likeness (QED) is 0.0172. The van der Waals surface area contributed by atoms with E-state index >= 15 is 24.0 Å². The summed E-state index contributed by atoms with van der Waals surface area (Å²) in [7, 11) is 1.19. The SMILES string of the molecule is CCC(C)[C@H](NC(=O)[C@H](Cc1c[nH]cn1)NC(=O)[C@@H]1CSS[C@H](NC(=O)[C@H](Cc2c[nH]cn2)NC(=O)[C@H](Cc2ccccc2)NC(C)=O)C(=O)N2CC(O)C[C@H]2C(=O)N[C@@H](Cc2ccc(O)c(Cl)c2)C(=O)N[C@@H](CC(=O)O)C(=O)N[C@@H](CC(C)C)C(=O)N1)C(=O)N[C@@H](CC(C)C)C(=O)NCC(=O)NCC(=O)ON1C(=O)CCC1=O. The summed E-state index contributed by atoms with van der Waals surface area (Å²) >= 11 is 6.27. The number of H-pyrrole nitrogens is 2. The Morgan fingerprint density at radius 1 is 0.658 bits per heavy atom. The monoisotopic (exact) mass is 1650 g/mol. The lowest BCUT2D eigenvalue weighted by atomic mass is 9.96. The summed E-state index contributed by atoms with van der Waals surface area (Å²) in [6.45, 7) is 9.13. The van der Waals surface area contributed by atoms with E-state index in [1.165, 1.54) is 50.2 Å². The molecule has 42 heteroatoms. The van der Waals surface area contributed by atoms with Crippen LogP contribution in [0, 0.1) is 17.8 Å². The number of nitrogens with zero attached hydrogens (tertiary/aromatic N) is 4. The first-order chi connectivity index (χ1) is 54.0. The number of rotatable bonds is 33. The smallest absolute Gasteiger partial charge is 0.352 e. The van der Waals surface area contributed by atoms with Crippen LogP contribution in [-0.4, -0.2) is 243 Å². The van der Waals surface area contributed by atoms with Gasteiger partial charge in [0, 0.05) is 76.6 Å². The van der Waals surface area contributed by atoms with Gasteiger partial charge in [0.1, 0.15) is 72.7 Å². The fourth-order valence-corrected chi connectivity index (χ4v) is 14.8. The van der Waals surface area contributed by atoms with Crippen LogP contribution in [-0.2, 0) is 112 Å². The largest absolute Gasteiger partial charge is 0.506 e. The zero-order valence-electron chi connectivity index (χ0n) is 63.4. The number of amides is 15. The molecule has 7 rings (SSSR count). The van der Waals surface area contributed by atoms with Gasteiger partial charge in [0.15, 0.2) is 5.37 Å². The summed E-state index contributed by atoms with van der Waals surface area (Å²) < 4.78 is 0. The third kappa shape index (κ3) is 27.6. The summed E-state index contributed by atoms with van der Waals surface area (Å²) in [4.78, 5) is 257. The highest BCUT2D eigenvalue weighted by Gasteiger charge is 2.45. The average Bonchev–Trinajstić information content (AvgIpc) is 1.63. The number of carbonyl (C=O) groups excluding carboxylic acids is 16. The van der Waals surface area contributed by atoms with Crippen molar-refractivity contribution in [3.63, 3.8) is 0 Å². The van der Waals surface area contributed by atoms with Crippen molar-refractivity contribution in [3.05, 3.63) is 101 Å². The molecule has 0 saturated carbocycles. The highest BCUT2D eigenvalue weighted by atomic mass is 35.5. The lowest BCUT2D eigenvalue weighted by Crippen LogP contribution is -2.61. The van der Waals surface area contributed by atoms with Gasteiger partial charge in [0.05, 0.1) is 48.1 Å². The Morgan fingerprint density at radius 2 is 1.25 bits per heavy atom. The topological polar surface area (TPSA) is 568 Å². The van der Waals surface area contributed by atoms with Crippen LogP contribution < -0.4 is 63.8 Å². The third-order valence-electron chi connectivity index (χ3n) is 18.2. The summed E-state index contributed by atoms with van der Waals surface area (Å²) in [5.74, 6) is -19.9. The van der Waals surface area contributed by atoms with Crippen molar-refractivity contribution in [1.82, 2.24) is 93.7 Å². The van der Waals surface area contributed by atoms with Crippen LogP contribution >= 0.6 is 33.2 Å². The molecule has 13 atom stereocenters. The number of halogens is 1. The number of phenolic OH excluding ortho intramolecular Hbond substituents is 1. The van der Waals surface area contributed by atoms with Gasteiger partial charge in [0.25, 0.3) is 17.7 Å². The number of phenols is 1. The van der Waals surface area contributed by atoms with E-state index < -0.39 is 235 Å². The number of aromatic hydroxyl groups is 1. The van der Waals surface area contributed by atoms with Crippen LogP contribution in [0.2, 0.25) is 5.02 Å². The number of carboxylic acid groups (broad SMARTS) is 1. The second-order valence-corrected chi connectivity index (χ2v) is 31.2. The minimum absolute atomic E-state index is 0.0190. The molecule has 114 heavy (non-hydrogen) atoms. The van der Waals surface area contributed by atoms with Crippen molar-refractivity contribution in [3.8, 4) is 5.75 Å². The van der Waals surface area contributed by atoms with Crippen LogP contribution in [0.1, 0.15) is 116 Å². The molecule has 15 amide bonds. The average molecular weight is 1650 g/mol. The Kier molecular flexibility index (Phi) is 34.1. The number of hydroxylamine groups is 2. The first kappa shape index (κ1) is 90.0. The first-order valence-electron chi connectivity index (χ1n) is 36.6. The van der Waals surface area contributed by atoms with Crippen molar-refractivity contribution in [1.29, 1.82) is 0 Å². The number of nitrogens with one attached hydrogen (secondary N) is 14. The molecule has 0 spiro atoms. The second-order valence-electron chi connectivity index (χ2n) is 28.3. The van der Waals surface area contributed by atoms with E-state index in [1.54, 1.807) is 71.9 Å². The van der Waals surface area contributed by atoms with E-state index in [0.29, 0.717) is 27.2 Å². The fraction of sp³-hybridized carbons (Fsp3) is 0.514. The van der Waals surface area contributed by atoms with Gasteiger partial charge in [-0.1, -0.05) is 118 Å². The molecule has 0 aliphatic carbocycles. The third-order valence-corrected chi connectivity index (χ3v) is 21.0. The van der Waals surface area contributed by atoms with Gasteiger partial charge in [-0.15, -0.1) is 5.06 Å². The lowest BCUT2D eigenvalue weighted by Gasteiger charge is -2.30. The second kappa shape index (κ2) is 43.2. The molecule has 2 aromatic carbocycles. The Balaban J connectivity index is 1.25. The van der Waals surface area contributed by atoms with Crippen LogP contribution in [0.15, 0.2) is 73.6 Å². The molecule has 3 aliphatic heterocycles.